The lowest BCUT2D eigenvalue weighted by molar-refractivity contribution is 0.289. The molecule has 1 aromatic carbocycles. The van der Waals surface area contributed by atoms with Gasteiger partial charge in [0.25, 0.3) is 0 Å². The summed E-state index contributed by atoms with van der Waals surface area (Å²) in [5.74, 6) is 1.42. The summed E-state index contributed by atoms with van der Waals surface area (Å²) >= 11 is 0. The fraction of sp³-hybridized carbons (Fsp3) is 0.429. The number of nitrogens with zero attached hydrogens (tertiary/aromatic N) is 3. The van der Waals surface area contributed by atoms with Crippen LogP contribution in [0.2, 0.25) is 0 Å². The van der Waals surface area contributed by atoms with E-state index in [1.807, 2.05) is 18.3 Å². The summed E-state index contributed by atoms with van der Waals surface area (Å²) in [5.41, 5.74) is 7.58. The number of ether oxygens (including phenoxy) is 1. The van der Waals surface area contributed by atoms with Crippen molar-refractivity contribution in [1.29, 1.82) is 0 Å². The summed E-state index contributed by atoms with van der Waals surface area (Å²) < 4.78 is 7.41. The van der Waals surface area contributed by atoms with Gasteiger partial charge in [-0.2, -0.15) is 0 Å². The summed E-state index contributed by atoms with van der Waals surface area (Å²) in [6.45, 7) is 6.00. The second-order valence-corrected chi connectivity index (χ2v) is 4.75. The smallest absolute Gasteiger partial charge is 0.119 e. The van der Waals surface area contributed by atoms with Gasteiger partial charge in [0, 0.05) is 12.7 Å². The van der Waals surface area contributed by atoms with Crippen LogP contribution >= 0.6 is 0 Å². The minimum Gasteiger partial charge on any atom is -0.492 e. The maximum Gasteiger partial charge on any atom is 0.119 e. The first kappa shape index (κ1) is 13.5. The van der Waals surface area contributed by atoms with E-state index in [0.29, 0.717) is 25.6 Å². The van der Waals surface area contributed by atoms with E-state index in [1.165, 1.54) is 5.56 Å². The maximum atomic E-state index is 5.67. The molecule has 0 unspecified atom stereocenters. The molecule has 0 aliphatic rings. The van der Waals surface area contributed by atoms with Gasteiger partial charge < -0.3 is 10.5 Å². The first-order chi connectivity index (χ1) is 9.19. The lowest BCUT2D eigenvalue weighted by Crippen LogP contribution is -2.08. The molecule has 1 heterocycles. The van der Waals surface area contributed by atoms with E-state index in [9.17, 15) is 0 Å². The fourth-order valence-corrected chi connectivity index (χ4v) is 1.75. The maximum absolute atomic E-state index is 5.67. The molecule has 0 saturated heterocycles. The molecule has 1 aromatic heterocycles. The van der Waals surface area contributed by atoms with Gasteiger partial charge in [0.05, 0.1) is 12.2 Å². The van der Waals surface area contributed by atoms with Gasteiger partial charge in [-0.1, -0.05) is 31.2 Å². The largest absolute Gasteiger partial charge is 0.492 e. The average molecular weight is 260 g/mol. The molecular weight excluding hydrogens is 240 g/mol. The Bertz CT molecular complexity index is 504. The van der Waals surface area contributed by atoms with E-state index < -0.39 is 0 Å². The van der Waals surface area contributed by atoms with Crippen molar-refractivity contribution in [2.45, 2.75) is 32.9 Å². The molecule has 0 spiro atoms. The first-order valence-corrected chi connectivity index (χ1v) is 6.51. The van der Waals surface area contributed by atoms with Gasteiger partial charge in [-0.05, 0) is 23.6 Å². The van der Waals surface area contributed by atoms with E-state index >= 15 is 0 Å². The Morgan fingerprint density at radius 3 is 2.58 bits per heavy atom. The molecule has 2 aromatic rings. The second kappa shape index (κ2) is 6.33. The zero-order valence-electron chi connectivity index (χ0n) is 11.4. The molecule has 5 heteroatoms. The van der Waals surface area contributed by atoms with Gasteiger partial charge in [0.15, 0.2) is 0 Å². The van der Waals surface area contributed by atoms with Crippen molar-refractivity contribution >= 4 is 0 Å². The molecule has 102 valence electrons. The Labute approximate surface area is 113 Å². The highest BCUT2D eigenvalue weighted by Gasteiger charge is 2.01. The lowest BCUT2D eigenvalue weighted by Gasteiger charge is -2.08. The Hall–Kier alpha value is -1.88. The van der Waals surface area contributed by atoms with E-state index in [-0.39, 0.29) is 0 Å². The van der Waals surface area contributed by atoms with Gasteiger partial charge in [0.2, 0.25) is 0 Å². The normalized spacial score (nSPS) is 10.9. The molecule has 0 atom stereocenters. The third-order valence-electron chi connectivity index (χ3n) is 2.93. The van der Waals surface area contributed by atoms with Crippen LogP contribution in [0.15, 0.2) is 30.5 Å². The van der Waals surface area contributed by atoms with Crippen LogP contribution in [0, 0.1) is 0 Å². The number of hydrogen-bond donors (Lipinski definition) is 1. The van der Waals surface area contributed by atoms with Crippen molar-refractivity contribution in [2.75, 3.05) is 6.61 Å². The van der Waals surface area contributed by atoms with Gasteiger partial charge in [-0.3, -0.25) is 0 Å². The van der Waals surface area contributed by atoms with E-state index in [0.717, 1.165) is 11.4 Å². The third-order valence-corrected chi connectivity index (χ3v) is 2.93. The van der Waals surface area contributed by atoms with Crippen LogP contribution in [0.3, 0.4) is 0 Å². The highest BCUT2D eigenvalue weighted by molar-refractivity contribution is 5.28. The Balaban J connectivity index is 1.82. The van der Waals surface area contributed by atoms with Crippen LogP contribution in [0.1, 0.15) is 31.0 Å². The van der Waals surface area contributed by atoms with Crippen LogP contribution in [-0.2, 0) is 13.1 Å². The molecule has 0 bridgehead atoms. The first-order valence-electron chi connectivity index (χ1n) is 6.51. The van der Waals surface area contributed by atoms with Crippen molar-refractivity contribution in [1.82, 2.24) is 15.0 Å². The molecule has 2 N–H and O–H groups in total. The number of nitrogens with two attached hydrogens (primary N) is 1. The topological polar surface area (TPSA) is 66.0 Å². The van der Waals surface area contributed by atoms with Crippen LogP contribution in [-0.4, -0.2) is 21.6 Å². The van der Waals surface area contributed by atoms with E-state index in [4.69, 9.17) is 10.5 Å². The van der Waals surface area contributed by atoms with E-state index in [1.54, 1.807) is 4.68 Å². The van der Waals surface area contributed by atoms with Crippen LogP contribution in [0.25, 0.3) is 0 Å². The predicted molar refractivity (Wildman–Crippen MR) is 73.9 cm³/mol. The number of rotatable bonds is 6. The van der Waals surface area contributed by atoms with Crippen molar-refractivity contribution in [3.63, 3.8) is 0 Å². The summed E-state index contributed by atoms with van der Waals surface area (Å²) in [5, 5.41) is 7.89. The fourth-order valence-electron chi connectivity index (χ4n) is 1.75. The van der Waals surface area contributed by atoms with Crippen molar-refractivity contribution in [2.24, 2.45) is 5.73 Å². The van der Waals surface area contributed by atoms with Crippen molar-refractivity contribution in [3.8, 4) is 5.75 Å². The SMILES string of the molecule is CC(C)c1ccc(OCCn2cc(CN)nn2)cc1. The van der Waals surface area contributed by atoms with Crippen LogP contribution in [0.5, 0.6) is 5.75 Å². The highest BCUT2D eigenvalue weighted by Crippen LogP contribution is 2.18. The molecule has 0 aliphatic carbocycles. The highest BCUT2D eigenvalue weighted by atomic mass is 16.5. The number of aromatic nitrogens is 3. The molecule has 0 radical (unpaired) electrons. The quantitative estimate of drug-likeness (QED) is 0.862. The zero-order chi connectivity index (χ0) is 13.7. The Morgan fingerprint density at radius 1 is 1.26 bits per heavy atom. The summed E-state index contributed by atoms with van der Waals surface area (Å²) in [6, 6.07) is 8.20. The van der Waals surface area contributed by atoms with Crippen molar-refractivity contribution in [3.05, 3.63) is 41.7 Å². The Morgan fingerprint density at radius 2 is 2.00 bits per heavy atom. The standard InChI is InChI=1S/C14H20N4O/c1-11(2)12-3-5-14(6-4-12)19-8-7-18-10-13(9-15)16-17-18/h3-6,10-11H,7-9,15H2,1-2H3. The van der Waals surface area contributed by atoms with Crippen molar-refractivity contribution < 1.29 is 4.74 Å². The third kappa shape index (κ3) is 3.79. The van der Waals surface area contributed by atoms with Gasteiger partial charge >= 0.3 is 0 Å². The summed E-state index contributed by atoms with van der Waals surface area (Å²) in [7, 11) is 0. The van der Waals surface area contributed by atoms with Gasteiger partial charge in [-0.15, -0.1) is 5.10 Å². The van der Waals surface area contributed by atoms with E-state index in [2.05, 4.69) is 36.3 Å². The van der Waals surface area contributed by atoms with Gasteiger partial charge in [-0.25, -0.2) is 4.68 Å². The second-order valence-electron chi connectivity index (χ2n) is 4.75. The zero-order valence-corrected chi connectivity index (χ0v) is 11.4. The molecular formula is C14H20N4O. The van der Waals surface area contributed by atoms with Gasteiger partial charge in [0.1, 0.15) is 12.4 Å². The molecule has 0 saturated carbocycles. The lowest BCUT2D eigenvalue weighted by atomic mass is 10.0. The number of hydrogen-bond acceptors (Lipinski definition) is 4. The minimum atomic E-state index is 0.414. The molecule has 0 fully saturated rings. The molecule has 0 amide bonds. The average Bonchev–Trinajstić information content (AvgIpc) is 2.87. The predicted octanol–water partition coefficient (Wildman–Crippen LogP) is 1.94. The monoisotopic (exact) mass is 260 g/mol. The summed E-state index contributed by atoms with van der Waals surface area (Å²) in [6.07, 6.45) is 1.84. The molecule has 2 rings (SSSR count). The number of benzene rings is 1. The molecule has 19 heavy (non-hydrogen) atoms. The summed E-state index contributed by atoms with van der Waals surface area (Å²) in [4.78, 5) is 0. The minimum absolute atomic E-state index is 0.414. The Kier molecular flexibility index (Phi) is 4.52. The van der Waals surface area contributed by atoms with Crippen LogP contribution in [0.4, 0.5) is 0 Å². The molecule has 0 aliphatic heterocycles. The molecule has 5 nitrogen and oxygen atoms in total. The van der Waals surface area contributed by atoms with Crippen LogP contribution < -0.4 is 10.5 Å².